The molecule has 1 aromatic heterocycles. The zero-order valence-corrected chi connectivity index (χ0v) is 8.93. The molecular weight excluding hydrogens is 208 g/mol. The van der Waals surface area contributed by atoms with Crippen LogP contribution in [0.25, 0.3) is 17.1 Å². The topological polar surface area (TPSA) is 62.2 Å². The third kappa shape index (κ3) is 1.25. The molecule has 82 valence electrons. The molecule has 3 rings (SSSR count). The van der Waals surface area contributed by atoms with Crippen molar-refractivity contribution < 1.29 is 14.3 Å². The maximum Gasteiger partial charge on any atom is 0.252 e. The first-order chi connectivity index (χ1) is 7.55. The third-order valence-corrected chi connectivity index (χ3v) is 2.55. The molecule has 0 saturated heterocycles. The van der Waals surface area contributed by atoms with Crippen LogP contribution in [0.5, 0.6) is 5.75 Å². The van der Waals surface area contributed by atoms with E-state index in [1.807, 2.05) is 26.0 Å². The lowest BCUT2D eigenvalue weighted by molar-refractivity contribution is -0.782. The van der Waals surface area contributed by atoms with Crippen LogP contribution in [0.2, 0.25) is 0 Å². The molecule has 0 aliphatic carbocycles. The van der Waals surface area contributed by atoms with Gasteiger partial charge in [-0.1, -0.05) is 6.08 Å². The van der Waals surface area contributed by atoms with Gasteiger partial charge in [-0.15, -0.1) is 0 Å². The van der Waals surface area contributed by atoms with E-state index >= 15 is 0 Å². The SMILES string of the molecule is CC1(C)C=Cc2cc3c(cc2O1)no[n+]3[O-]. The summed E-state index contributed by atoms with van der Waals surface area (Å²) in [4.78, 5) is 0.392. The Morgan fingerprint density at radius 3 is 3.00 bits per heavy atom. The summed E-state index contributed by atoms with van der Waals surface area (Å²) in [6.45, 7) is 3.93. The molecule has 0 spiro atoms. The fourth-order valence-electron chi connectivity index (χ4n) is 1.74. The molecular formula is C11H10N2O3. The van der Waals surface area contributed by atoms with E-state index in [0.717, 1.165) is 5.56 Å². The maximum absolute atomic E-state index is 11.2. The van der Waals surface area contributed by atoms with E-state index in [2.05, 4.69) is 9.79 Å². The minimum atomic E-state index is -0.335. The lowest BCUT2D eigenvalue weighted by Crippen LogP contribution is -2.28. The molecule has 0 amide bonds. The van der Waals surface area contributed by atoms with Crippen LogP contribution < -0.4 is 9.64 Å². The van der Waals surface area contributed by atoms with Gasteiger partial charge in [-0.05, 0) is 24.8 Å². The smallest absolute Gasteiger partial charge is 0.252 e. The Kier molecular flexibility index (Phi) is 1.58. The monoisotopic (exact) mass is 218 g/mol. The summed E-state index contributed by atoms with van der Waals surface area (Å²) < 4.78 is 10.3. The molecule has 1 aromatic carbocycles. The molecule has 0 unspecified atom stereocenters. The van der Waals surface area contributed by atoms with E-state index in [0.29, 0.717) is 21.7 Å². The minimum absolute atomic E-state index is 0.335. The Bertz CT molecular complexity index is 599. The first kappa shape index (κ1) is 9.21. The molecule has 16 heavy (non-hydrogen) atoms. The second kappa shape index (κ2) is 2.75. The van der Waals surface area contributed by atoms with E-state index in [1.165, 1.54) is 0 Å². The van der Waals surface area contributed by atoms with E-state index in [4.69, 9.17) is 4.74 Å². The van der Waals surface area contributed by atoms with Crippen molar-refractivity contribution in [1.82, 2.24) is 5.16 Å². The highest BCUT2D eigenvalue weighted by Gasteiger charge is 2.24. The number of fused-ring (bicyclic) bond motifs is 2. The summed E-state index contributed by atoms with van der Waals surface area (Å²) >= 11 is 0. The summed E-state index contributed by atoms with van der Waals surface area (Å²) in [6.07, 6.45) is 3.88. The van der Waals surface area contributed by atoms with Crippen molar-refractivity contribution in [2.24, 2.45) is 0 Å². The highest BCUT2D eigenvalue weighted by Crippen LogP contribution is 2.32. The van der Waals surface area contributed by atoms with Crippen molar-refractivity contribution in [1.29, 1.82) is 0 Å². The van der Waals surface area contributed by atoms with Crippen molar-refractivity contribution in [3.05, 3.63) is 29.0 Å². The second-order valence-electron chi connectivity index (χ2n) is 4.35. The predicted molar refractivity (Wildman–Crippen MR) is 56.7 cm³/mol. The highest BCUT2D eigenvalue weighted by molar-refractivity contribution is 5.79. The van der Waals surface area contributed by atoms with Crippen LogP contribution in [0, 0.1) is 5.21 Å². The van der Waals surface area contributed by atoms with Crippen molar-refractivity contribution in [2.45, 2.75) is 19.4 Å². The van der Waals surface area contributed by atoms with Crippen LogP contribution in [0.15, 0.2) is 22.8 Å². The molecule has 2 heterocycles. The van der Waals surface area contributed by atoms with Gasteiger partial charge in [0.05, 0.1) is 0 Å². The van der Waals surface area contributed by atoms with Gasteiger partial charge in [-0.2, -0.15) is 0 Å². The van der Waals surface area contributed by atoms with E-state index in [9.17, 15) is 5.21 Å². The molecule has 5 heteroatoms. The second-order valence-corrected chi connectivity index (χ2v) is 4.35. The molecule has 2 aromatic rings. The first-order valence-corrected chi connectivity index (χ1v) is 4.97. The number of benzene rings is 1. The quantitative estimate of drug-likeness (QED) is 0.631. The lowest BCUT2D eigenvalue weighted by atomic mass is 10.0. The van der Waals surface area contributed by atoms with Gasteiger partial charge in [-0.25, -0.2) is 0 Å². The van der Waals surface area contributed by atoms with Crippen LogP contribution in [-0.4, -0.2) is 10.8 Å². The molecule has 0 saturated carbocycles. The zero-order chi connectivity index (χ0) is 11.3. The van der Waals surface area contributed by atoms with Gasteiger partial charge in [-0.3, -0.25) is 4.63 Å². The normalized spacial score (nSPS) is 17.1. The number of aromatic nitrogens is 2. The first-order valence-electron chi connectivity index (χ1n) is 4.97. The van der Waals surface area contributed by atoms with Gasteiger partial charge in [0.25, 0.3) is 5.52 Å². The highest BCUT2D eigenvalue weighted by atomic mass is 16.8. The van der Waals surface area contributed by atoms with Crippen LogP contribution in [0.4, 0.5) is 0 Å². The molecule has 1 aliphatic rings. The Morgan fingerprint density at radius 1 is 1.38 bits per heavy atom. The Hall–Kier alpha value is -2.04. The largest absolute Gasteiger partial charge is 0.483 e. The van der Waals surface area contributed by atoms with E-state index < -0.39 is 0 Å². The molecule has 0 bridgehead atoms. The molecule has 0 atom stereocenters. The summed E-state index contributed by atoms with van der Waals surface area (Å²) in [5.74, 6) is 0.717. The number of hydrogen-bond acceptors (Lipinski definition) is 4. The van der Waals surface area contributed by atoms with Crippen molar-refractivity contribution >= 4 is 17.1 Å². The average Bonchev–Trinajstić information content (AvgIpc) is 2.56. The fraction of sp³-hybridized carbons (Fsp3) is 0.273. The Labute approximate surface area is 91.5 Å². The standard InChI is InChI=1S/C11H10N2O3/c1-11(2)4-3-7-5-9-8(6-10(7)15-11)12-16-13(9)14/h3-6H,1-2H3. The van der Waals surface area contributed by atoms with Crippen LogP contribution in [0.3, 0.4) is 0 Å². The van der Waals surface area contributed by atoms with Crippen LogP contribution in [0.1, 0.15) is 19.4 Å². The van der Waals surface area contributed by atoms with Gasteiger partial charge >= 0.3 is 0 Å². The lowest BCUT2D eigenvalue weighted by Gasteiger charge is -2.27. The summed E-state index contributed by atoms with van der Waals surface area (Å²) in [7, 11) is 0. The maximum atomic E-state index is 11.2. The Balaban J connectivity index is 2.25. The van der Waals surface area contributed by atoms with Gasteiger partial charge in [0.1, 0.15) is 11.4 Å². The fourth-order valence-corrected chi connectivity index (χ4v) is 1.74. The molecule has 5 nitrogen and oxygen atoms in total. The van der Waals surface area contributed by atoms with Crippen LogP contribution >= 0.6 is 0 Å². The molecule has 1 aliphatic heterocycles. The number of hydrogen-bond donors (Lipinski definition) is 0. The van der Waals surface area contributed by atoms with E-state index in [1.54, 1.807) is 12.1 Å². The summed E-state index contributed by atoms with van der Waals surface area (Å²) in [6, 6.07) is 3.42. The predicted octanol–water partition coefficient (Wildman–Crippen LogP) is 1.65. The summed E-state index contributed by atoms with van der Waals surface area (Å²) in [5, 5.41) is 14.9. The van der Waals surface area contributed by atoms with Gasteiger partial charge < -0.3 is 9.94 Å². The van der Waals surface area contributed by atoms with E-state index in [-0.39, 0.29) is 5.60 Å². The molecule has 0 N–H and O–H groups in total. The van der Waals surface area contributed by atoms with Gasteiger partial charge in [0, 0.05) is 22.9 Å². The number of ether oxygens (including phenoxy) is 1. The van der Waals surface area contributed by atoms with Crippen molar-refractivity contribution in [3.63, 3.8) is 0 Å². The van der Waals surface area contributed by atoms with Gasteiger partial charge in [0.2, 0.25) is 5.52 Å². The average molecular weight is 218 g/mol. The zero-order valence-electron chi connectivity index (χ0n) is 8.93. The third-order valence-electron chi connectivity index (χ3n) is 2.55. The van der Waals surface area contributed by atoms with Gasteiger partial charge in [0.15, 0.2) is 0 Å². The number of nitrogens with zero attached hydrogens (tertiary/aromatic N) is 2. The molecule has 0 fully saturated rings. The van der Waals surface area contributed by atoms with Crippen molar-refractivity contribution in [3.8, 4) is 5.75 Å². The summed E-state index contributed by atoms with van der Waals surface area (Å²) in [5.41, 5.74) is 1.43. The number of rotatable bonds is 0. The van der Waals surface area contributed by atoms with Crippen molar-refractivity contribution in [2.75, 3.05) is 0 Å². The molecule has 0 radical (unpaired) electrons. The Morgan fingerprint density at radius 2 is 2.19 bits per heavy atom. The minimum Gasteiger partial charge on any atom is -0.483 e. The van der Waals surface area contributed by atoms with Crippen LogP contribution in [-0.2, 0) is 0 Å².